The van der Waals surface area contributed by atoms with E-state index in [9.17, 15) is 43.5 Å². The van der Waals surface area contributed by atoms with Gasteiger partial charge >= 0.3 is 11.9 Å². The number of carbonyl (C=O) groups is 8. The zero-order chi connectivity index (χ0) is 44.2. The number of imide groups is 1. The van der Waals surface area contributed by atoms with Crippen molar-refractivity contribution in [1.29, 1.82) is 0 Å². The van der Waals surface area contributed by atoms with Crippen LogP contribution in [0.5, 0.6) is 0 Å². The van der Waals surface area contributed by atoms with Crippen molar-refractivity contribution >= 4 is 63.8 Å². The van der Waals surface area contributed by atoms with Crippen LogP contribution in [0.1, 0.15) is 111 Å². The van der Waals surface area contributed by atoms with Gasteiger partial charge < -0.3 is 47.4 Å². The summed E-state index contributed by atoms with van der Waals surface area (Å²) in [5, 5.41) is 33.0. The second-order valence-corrected chi connectivity index (χ2v) is 15.2. The van der Waals surface area contributed by atoms with Crippen LogP contribution >= 0.6 is 0 Å². The normalized spacial score (nSPS) is 13.6. The Kier molecular flexibility index (Phi) is 20.4. The lowest BCUT2D eigenvalue weighted by atomic mass is 9.92. The van der Waals surface area contributed by atoms with E-state index in [4.69, 9.17) is 10.8 Å². The summed E-state index contributed by atoms with van der Waals surface area (Å²) in [6.07, 6.45) is 7.25. The first-order valence-electron chi connectivity index (χ1n) is 20.8. The molecule has 0 saturated heterocycles. The molecular formula is C42H62N8O10. The third-order valence-corrected chi connectivity index (χ3v) is 10.2. The highest BCUT2D eigenvalue weighted by molar-refractivity contribution is 6.26. The number of carbonyl (C=O) groups excluding carboxylic acids is 6. The van der Waals surface area contributed by atoms with Crippen molar-refractivity contribution in [3.63, 3.8) is 0 Å². The quantitative estimate of drug-likeness (QED) is 0.0430. The molecule has 18 heteroatoms. The largest absolute Gasteiger partial charge is 0.481 e. The highest BCUT2D eigenvalue weighted by atomic mass is 16.4. The molecule has 3 rings (SSSR count). The van der Waals surface area contributed by atoms with Gasteiger partial charge in [-0.2, -0.15) is 0 Å². The monoisotopic (exact) mass is 838 g/mol. The zero-order valence-electron chi connectivity index (χ0n) is 35.0. The van der Waals surface area contributed by atoms with E-state index in [0.717, 1.165) is 35.2 Å². The molecule has 1 aliphatic rings. The summed E-state index contributed by atoms with van der Waals surface area (Å²) in [5.41, 5.74) is 7.60. The van der Waals surface area contributed by atoms with Crippen LogP contribution in [0.2, 0.25) is 0 Å². The van der Waals surface area contributed by atoms with Gasteiger partial charge in [0.15, 0.2) is 0 Å². The summed E-state index contributed by atoms with van der Waals surface area (Å²) in [6, 6.07) is 4.74. The molecular weight excluding hydrogens is 777 g/mol. The molecule has 0 radical (unpaired) electrons. The van der Waals surface area contributed by atoms with Crippen LogP contribution in [0, 0.1) is 0 Å². The molecule has 9 N–H and O–H groups in total. The average molecular weight is 839 g/mol. The van der Waals surface area contributed by atoms with E-state index in [1.54, 1.807) is 24.3 Å². The first kappa shape index (κ1) is 48.7. The van der Waals surface area contributed by atoms with Crippen LogP contribution in [0.15, 0.2) is 30.3 Å². The second kappa shape index (κ2) is 25.1. The number of benzene rings is 2. The first-order chi connectivity index (χ1) is 28.7. The van der Waals surface area contributed by atoms with E-state index < -0.39 is 59.6 Å². The molecule has 1 heterocycles. The lowest BCUT2D eigenvalue weighted by Crippen LogP contribution is -2.55. The molecule has 6 amide bonds. The molecule has 0 bridgehead atoms. The SMILES string of the molecule is CCCCCCCCCC(=O)NCCNC[C@H](N)C(=O)N[C@H](CCN1C(=O)c2cccc3c(N(C)C)ccc(c23)C1=O)C(=O)NCC[C@@H](NC(=O)CCCC(=O)O)C(=O)O. The molecule has 2 aromatic rings. The Balaban J connectivity index is 1.62. The Labute approximate surface area is 350 Å². The fourth-order valence-electron chi connectivity index (χ4n) is 6.89. The van der Waals surface area contributed by atoms with E-state index in [1.165, 1.54) is 25.7 Å². The van der Waals surface area contributed by atoms with Gasteiger partial charge in [0.2, 0.25) is 23.6 Å². The maximum Gasteiger partial charge on any atom is 0.326 e. The summed E-state index contributed by atoms with van der Waals surface area (Å²) >= 11 is 0. The smallest absolute Gasteiger partial charge is 0.326 e. The molecule has 0 aliphatic carbocycles. The van der Waals surface area contributed by atoms with Crippen LogP contribution in [-0.4, -0.2) is 127 Å². The molecule has 0 spiro atoms. The van der Waals surface area contributed by atoms with Gasteiger partial charge in [-0.1, -0.05) is 57.6 Å². The number of nitrogens with two attached hydrogens (primary N) is 1. The van der Waals surface area contributed by atoms with E-state index in [1.807, 2.05) is 25.1 Å². The highest BCUT2D eigenvalue weighted by Gasteiger charge is 2.35. The number of rotatable bonds is 29. The van der Waals surface area contributed by atoms with Crippen LogP contribution in [0.25, 0.3) is 10.8 Å². The van der Waals surface area contributed by atoms with Gasteiger partial charge in [-0.3, -0.25) is 38.5 Å². The topological polar surface area (TPSA) is 270 Å². The Hall–Kier alpha value is -5.62. The van der Waals surface area contributed by atoms with E-state index in [-0.39, 0.29) is 57.6 Å². The number of unbranched alkanes of at least 4 members (excludes halogenated alkanes) is 6. The molecule has 2 aromatic carbocycles. The van der Waals surface area contributed by atoms with Crippen molar-refractivity contribution in [2.75, 3.05) is 51.7 Å². The molecule has 1 aliphatic heterocycles. The first-order valence-corrected chi connectivity index (χ1v) is 20.8. The van der Waals surface area contributed by atoms with Crippen molar-refractivity contribution in [2.24, 2.45) is 5.73 Å². The molecule has 0 unspecified atom stereocenters. The Morgan fingerprint density at radius 2 is 1.38 bits per heavy atom. The Morgan fingerprint density at radius 3 is 2.05 bits per heavy atom. The molecule has 0 fully saturated rings. The minimum absolute atomic E-state index is 0.000912. The maximum absolute atomic E-state index is 13.8. The number of nitrogens with one attached hydrogen (secondary N) is 5. The number of nitrogens with zero attached hydrogens (tertiary/aromatic N) is 2. The maximum atomic E-state index is 13.8. The van der Waals surface area contributed by atoms with Crippen LogP contribution in [-0.2, 0) is 28.8 Å². The molecule has 60 heavy (non-hydrogen) atoms. The molecule has 18 nitrogen and oxygen atoms in total. The van der Waals surface area contributed by atoms with Crippen molar-refractivity contribution in [1.82, 2.24) is 31.5 Å². The van der Waals surface area contributed by atoms with Crippen LogP contribution in [0.4, 0.5) is 5.69 Å². The molecule has 3 atom stereocenters. The highest BCUT2D eigenvalue weighted by Crippen LogP contribution is 2.35. The van der Waals surface area contributed by atoms with E-state index in [0.29, 0.717) is 36.0 Å². The number of anilines is 1. The number of hydrogen-bond acceptors (Lipinski definition) is 11. The minimum Gasteiger partial charge on any atom is -0.481 e. The van der Waals surface area contributed by atoms with Gasteiger partial charge in [-0.05, 0) is 43.9 Å². The predicted octanol–water partition coefficient (Wildman–Crippen LogP) is 1.88. The number of carboxylic acids is 2. The average Bonchev–Trinajstić information content (AvgIpc) is 3.20. The lowest BCUT2D eigenvalue weighted by Gasteiger charge is -2.30. The van der Waals surface area contributed by atoms with Gasteiger partial charge in [0.1, 0.15) is 12.1 Å². The summed E-state index contributed by atoms with van der Waals surface area (Å²) < 4.78 is 0. The summed E-state index contributed by atoms with van der Waals surface area (Å²) in [4.78, 5) is 104. The van der Waals surface area contributed by atoms with Crippen molar-refractivity contribution in [3.05, 3.63) is 41.5 Å². The van der Waals surface area contributed by atoms with Crippen molar-refractivity contribution in [2.45, 2.75) is 109 Å². The Bertz CT molecular complexity index is 1810. The number of hydrogen-bond donors (Lipinski definition) is 8. The van der Waals surface area contributed by atoms with Gasteiger partial charge in [-0.25, -0.2) is 4.79 Å². The standard InChI is InChI=1S/C42H62N8O10/c1-4-5-6-7-8-9-10-15-34(51)45-24-23-44-26-30(43)38(55)48-31(39(56)46-22-20-32(42(59)60)47-35(52)16-12-17-36(53)54)21-25-50-40(57)28-14-11-13-27-33(49(2)3)19-18-29(37(27)28)41(50)58/h11,13-14,18-19,30-32,44H,4-10,12,15-17,20-26,43H2,1-3H3,(H,45,51)(H,46,56)(H,47,52)(H,48,55)(H,53,54)(H,59,60)/t30-,31+,32+/m0/s1. The minimum atomic E-state index is -1.40. The fourth-order valence-corrected chi connectivity index (χ4v) is 6.89. The molecule has 0 aromatic heterocycles. The lowest BCUT2D eigenvalue weighted by molar-refractivity contribution is -0.142. The number of amides is 6. The summed E-state index contributed by atoms with van der Waals surface area (Å²) in [5.74, 6) is -5.80. The fraction of sp³-hybridized carbons (Fsp3) is 0.571. The van der Waals surface area contributed by atoms with Gasteiger partial charge in [-0.15, -0.1) is 0 Å². The third-order valence-electron chi connectivity index (χ3n) is 10.2. The van der Waals surface area contributed by atoms with E-state index >= 15 is 0 Å². The van der Waals surface area contributed by atoms with Gasteiger partial charge in [0.25, 0.3) is 11.8 Å². The third kappa shape index (κ3) is 15.2. The Morgan fingerprint density at radius 1 is 0.717 bits per heavy atom. The van der Waals surface area contributed by atoms with Crippen LogP contribution < -0.4 is 37.2 Å². The molecule has 0 saturated carbocycles. The number of carboxylic acid groups (broad SMARTS) is 2. The van der Waals surface area contributed by atoms with E-state index in [2.05, 4.69) is 33.5 Å². The predicted molar refractivity (Wildman–Crippen MR) is 225 cm³/mol. The zero-order valence-corrected chi connectivity index (χ0v) is 35.0. The van der Waals surface area contributed by atoms with Crippen LogP contribution in [0.3, 0.4) is 0 Å². The summed E-state index contributed by atoms with van der Waals surface area (Å²) in [6.45, 7) is 2.30. The number of aliphatic carboxylic acids is 2. The van der Waals surface area contributed by atoms with Crippen molar-refractivity contribution in [3.8, 4) is 0 Å². The second-order valence-electron chi connectivity index (χ2n) is 15.2. The van der Waals surface area contributed by atoms with Gasteiger partial charge in [0, 0.05) is 93.7 Å². The van der Waals surface area contributed by atoms with Gasteiger partial charge in [0.05, 0.1) is 6.04 Å². The molecule has 330 valence electrons. The van der Waals surface area contributed by atoms with Crippen molar-refractivity contribution < 1.29 is 48.6 Å². The summed E-state index contributed by atoms with van der Waals surface area (Å²) in [7, 11) is 3.71.